The number of sulfonamides is 1. The second-order valence-corrected chi connectivity index (χ2v) is 9.02. The van der Waals surface area contributed by atoms with Gasteiger partial charge in [-0.15, -0.1) is 0 Å². The number of ether oxygens (including phenoxy) is 1. The molecule has 31 heavy (non-hydrogen) atoms. The topological polar surface area (TPSA) is 66.9 Å². The van der Waals surface area contributed by atoms with Gasteiger partial charge in [-0.05, 0) is 36.4 Å². The minimum atomic E-state index is -4.56. The van der Waals surface area contributed by atoms with Gasteiger partial charge in [0.05, 0.1) is 15.5 Å². The molecule has 0 saturated carbocycles. The van der Waals surface area contributed by atoms with Crippen molar-refractivity contribution in [3.8, 4) is 5.75 Å². The van der Waals surface area contributed by atoms with Crippen LogP contribution in [0.3, 0.4) is 0 Å². The van der Waals surface area contributed by atoms with Crippen molar-refractivity contribution >= 4 is 27.5 Å². The normalized spacial score (nSPS) is 15.7. The fourth-order valence-corrected chi connectivity index (χ4v) is 4.54. The molecule has 2 aromatic carbocycles. The van der Waals surface area contributed by atoms with Gasteiger partial charge in [-0.1, -0.05) is 11.6 Å². The van der Waals surface area contributed by atoms with Crippen LogP contribution < -0.4 is 4.74 Å². The first-order valence-electron chi connectivity index (χ1n) is 9.01. The highest BCUT2D eigenvalue weighted by atomic mass is 35.5. The van der Waals surface area contributed by atoms with Gasteiger partial charge in [-0.3, -0.25) is 4.79 Å². The van der Waals surface area contributed by atoms with Crippen molar-refractivity contribution in [1.29, 1.82) is 0 Å². The van der Waals surface area contributed by atoms with Crippen molar-refractivity contribution in [3.05, 3.63) is 58.9 Å². The number of hydrogen-bond acceptors (Lipinski definition) is 4. The second-order valence-electron chi connectivity index (χ2n) is 6.67. The smallest absolute Gasteiger partial charge is 0.416 e. The molecule has 0 aromatic heterocycles. The Bertz CT molecular complexity index is 1050. The third-order valence-corrected chi connectivity index (χ3v) is 6.87. The van der Waals surface area contributed by atoms with E-state index in [1.807, 2.05) is 0 Å². The number of carbonyl (C=O) groups is 1. The number of rotatable bonds is 5. The molecule has 1 aliphatic heterocycles. The molecule has 3 rings (SSSR count). The third kappa shape index (κ3) is 5.46. The molecule has 0 unspecified atom stereocenters. The Labute approximate surface area is 181 Å². The number of hydrogen-bond donors (Lipinski definition) is 0. The first kappa shape index (κ1) is 23.3. The summed E-state index contributed by atoms with van der Waals surface area (Å²) in [6.45, 7) is -0.193. The van der Waals surface area contributed by atoms with Crippen LogP contribution in [0.5, 0.6) is 5.75 Å². The highest BCUT2D eigenvalue weighted by Crippen LogP contribution is 2.30. The summed E-state index contributed by atoms with van der Waals surface area (Å²) in [6, 6.07) is 6.92. The van der Waals surface area contributed by atoms with Gasteiger partial charge in [0.15, 0.2) is 6.61 Å². The van der Waals surface area contributed by atoms with E-state index in [0.29, 0.717) is 12.1 Å². The molecule has 1 saturated heterocycles. The molecule has 168 valence electrons. The Kier molecular flexibility index (Phi) is 6.77. The third-order valence-electron chi connectivity index (χ3n) is 4.66. The average molecular weight is 481 g/mol. The van der Waals surface area contributed by atoms with Crippen LogP contribution in [0.25, 0.3) is 0 Å². The minimum absolute atomic E-state index is 0.0164. The maximum atomic E-state index is 13.1. The van der Waals surface area contributed by atoms with Crippen molar-refractivity contribution in [3.63, 3.8) is 0 Å². The van der Waals surface area contributed by atoms with Crippen LogP contribution in [0, 0.1) is 5.82 Å². The molecule has 0 spiro atoms. The van der Waals surface area contributed by atoms with E-state index in [2.05, 4.69) is 0 Å². The molecule has 1 fully saturated rings. The molecule has 0 aliphatic carbocycles. The van der Waals surface area contributed by atoms with Gasteiger partial charge < -0.3 is 9.64 Å². The SMILES string of the molecule is O=C(COc1ccc(F)c(Cl)c1)N1CCN(S(=O)(=O)c2ccc(C(F)(F)F)cc2)CC1. The first-order chi connectivity index (χ1) is 14.5. The van der Waals surface area contributed by atoms with Crippen LogP contribution in [0.15, 0.2) is 47.4 Å². The largest absolute Gasteiger partial charge is 0.484 e. The quantitative estimate of drug-likeness (QED) is 0.615. The first-order valence-corrected chi connectivity index (χ1v) is 10.8. The molecule has 0 bridgehead atoms. The Hall–Kier alpha value is -2.37. The molecule has 0 N–H and O–H groups in total. The highest BCUT2D eigenvalue weighted by Gasteiger charge is 2.33. The van der Waals surface area contributed by atoms with Crippen molar-refractivity contribution in [2.45, 2.75) is 11.1 Å². The van der Waals surface area contributed by atoms with E-state index in [4.69, 9.17) is 16.3 Å². The van der Waals surface area contributed by atoms with Crippen LogP contribution in [-0.4, -0.2) is 56.3 Å². The standard InChI is InChI=1S/C19H17ClF4N2O4S/c20-16-11-14(3-6-17(16)21)30-12-18(27)25-7-9-26(10-8-25)31(28,29)15-4-1-13(2-5-15)19(22,23)24/h1-6,11H,7-10,12H2. The van der Waals surface area contributed by atoms with Crippen LogP contribution in [0.4, 0.5) is 17.6 Å². The lowest BCUT2D eigenvalue weighted by molar-refractivity contribution is -0.137. The molecule has 1 heterocycles. The maximum Gasteiger partial charge on any atom is 0.416 e. The molecular formula is C19H17ClF4N2O4S. The van der Waals surface area contributed by atoms with E-state index in [1.54, 1.807) is 0 Å². The number of carbonyl (C=O) groups excluding carboxylic acids is 1. The van der Waals surface area contributed by atoms with Gasteiger partial charge in [-0.25, -0.2) is 12.8 Å². The second kappa shape index (κ2) is 9.01. The van der Waals surface area contributed by atoms with Gasteiger partial charge in [0.2, 0.25) is 10.0 Å². The van der Waals surface area contributed by atoms with E-state index in [9.17, 15) is 30.8 Å². The van der Waals surface area contributed by atoms with Crippen LogP contribution in [-0.2, 0) is 21.0 Å². The number of alkyl halides is 3. The summed E-state index contributed by atoms with van der Waals surface area (Å²) in [5.74, 6) is -0.805. The van der Waals surface area contributed by atoms with Crippen molar-refractivity contribution in [2.24, 2.45) is 0 Å². The molecule has 2 aromatic rings. The van der Waals surface area contributed by atoms with E-state index in [0.717, 1.165) is 22.5 Å². The molecule has 1 amide bonds. The summed E-state index contributed by atoms with van der Waals surface area (Å²) in [7, 11) is -3.99. The van der Waals surface area contributed by atoms with Gasteiger partial charge in [0, 0.05) is 32.2 Å². The Morgan fingerprint density at radius 1 is 1.03 bits per heavy atom. The Morgan fingerprint density at radius 2 is 1.65 bits per heavy atom. The Morgan fingerprint density at radius 3 is 2.19 bits per heavy atom. The van der Waals surface area contributed by atoms with E-state index < -0.39 is 33.5 Å². The molecule has 1 aliphatic rings. The number of amides is 1. The summed E-state index contributed by atoms with van der Waals surface area (Å²) in [5.41, 5.74) is -0.940. The zero-order valence-electron chi connectivity index (χ0n) is 15.9. The summed E-state index contributed by atoms with van der Waals surface area (Å²) in [6.07, 6.45) is -4.56. The summed E-state index contributed by atoms with van der Waals surface area (Å²) < 4.78 is 82.9. The van der Waals surface area contributed by atoms with Crippen LogP contribution >= 0.6 is 11.6 Å². The molecular weight excluding hydrogens is 464 g/mol. The molecule has 12 heteroatoms. The minimum Gasteiger partial charge on any atom is -0.484 e. The van der Waals surface area contributed by atoms with Gasteiger partial charge in [0.25, 0.3) is 5.91 Å². The van der Waals surface area contributed by atoms with E-state index in [1.165, 1.54) is 17.0 Å². The number of nitrogens with zero attached hydrogens (tertiary/aromatic N) is 2. The monoisotopic (exact) mass is 480 g/mol. The number of piperazine rings is 1. The molecule has 0 radical (unpaired) electrons. The van der Waals surface area contributed by atoms with Crippen molar-refractivity contribution in [2.75, 3.05) is 32.8 Å². The summed E-state index contributed by atoms with van der Waals surface area (Å²) in [5, 5.41) is -0.146. The van der Waals surface area contributed by atoms with E-state index in [-0.39, 0.29) is 48.5 Å². The van der Waals surface area contributed by atoms with Gasteiger partial charge >= 0.3 is 6.18 Å². The highest BCUT2D eigenvalue weighted by molar-refractivity contribution is 7.89. The summed E-state index contributed by atoms with van der Waals surface area (Å²) >= 11 is 5.65. The average Bonchev–Trinajstić information content (AvgIpc) is 2.74. The van der Waals surface area contributed by atoms with Crippen molar-refractivity contribution in [1.82, 2.24) is 9.21 Å². The zero-order chi connectivity index (χ0) is 22.8. The lowest BCUT2D eigenvalue weighted by Crippen LogP contribution is -2.51. The van der Waals surface area contributed by atoms with Crippen LogP contribution in [0.2, 0.25) is 5.02 Å². The van der Waals surface area contributed by atoms with Crippen LogP contribution in [0.1, 0.15) is 5.56 Å². The predicted octanol–water partition coefficient (Wildman–Crippen LogP) is 3.41. The number of halogens is 5. The van der Waals surface area contributed by atoms with Crippen molar-refractivity contribution < 1.29 is 35.5 Å². The molecule has 6 nitrogen and oxygen atoms in total. The Balaban J connectivity index is 1.56. The fourth-order valence-electron chi connectivity index (χ4n) is 2.95. The lowest BCUT2D eigenvalue weighted by atomic mass is 10.2. The van der Waals surface area contributed by atoms with E-state index >= 15 is 0 Å². The summed E-state index contributed by atoms with van der Waals surface area (Å²) in [4.78, 5) is 13.5. The fraction of sp³-hybridized carbons (Fsp3) is 0.316. The van der Waals surface area contributed by atoms with Gasteiger partial charge in [0.1, 0.15) is 11.6 Å². The maximum absolute atomic E-state index is 13.1. The zero-order valence-corrected chi connectivity index (χ0v) is 17.5. The lowest BCUT2D eigenvalue weighted by Gasteiger charge is -2.34. The molecule has 0 atom stereocenters. The predicted molar refractivity (Wildman–Crippen MR) is 104 cm³/mol. The van der Waals surface area contributed by atoms with Gasteiger partial charge in [-0.2, -0.15) is 17.5 Å². The number of benzene rings is 2.